The van der Waals surface area contributed by atoms with E-state index in [0.29, 0.717) is 0 Å². The monoisotopic (exact) mass is 277 g/mol. The third-order valence-electron chi connectivity index (χ3n) is 2.21. The summed E-state index contributed by atoms with van der Waals surface area (Å²) < 4.78 is 42.0. The fraction of sp³-hybridized carbons (Fsp3) is 0.417. The van der Waals surface area contributed by atoms with Gasteiger partial charge in [-0.05, 0) is 24.3 Å². The molecule has 1 atom stereocenters. The maximum atomic E-state index is 12.3. The van der Waals surface area contributed by atoms with Crippen LogP contribution in [0.15, 0.2) is 24.3 Å². The van der Waals surface area contributed by atoms with Gasteiger partial charge in [0.25, 0.3) is 0 Å². The smallest absolute Gasteiger partial charge is 0.416 e. The van der Waals surface area contributed by atoms with Crippen LogP contribution in [0.3, 0.4) is 0 Å². The minimum absolute atomic E-state index is 0.0238. The molecule has 0 fully saturated rings. The summed E-state index contributed by atoms with van der Waals surface area (Å²) in [4.78, 5) is 10.6. The molecule has 0 bridgehead atoms. The maximum absolute atomic E-state index is 12.3. The zero-order valence-electron chi connectivity index (χ0n) is 10.2. The van der Waals surface area contributed by atoms with E-state index in [0.717, 1.165) is 12.1 Å². The Morgan fingerprint density at radius 2 is 1.95 bits per heavy atom. The van der Waals surface area contributed by atoms with Gasteiger partial charge in [0.15, 0.2) is 0 Å². The number of hydrogen-bond donors (Lipinski definition) is 2. The molecule has 19 heavy (non-hydrogen) atoms. The van der Waals surface area contributed by atoms with Crippen LogP contribution in [0, 0.1) is 0 Å². The van der Waals surface area contributed by atoms with Crippen molar-refractivity contribution in [3.8, 4) is 5.75 Å². The number of rotatable bonds is 5. The molecule has 0 heterocycles. The minimum atomic E-state index is -4.39. The van der Waals surface area contributed by atoms with Gasteiger partial charge in [-0.1, -0.05) is 0 Å². The summed E-state index contributed by atoms with van der Waals surface area (Å²) in [5.41, 5.74) is -0.765. The largest absolute Gasteiger partial charge is 0.491 e. The van der Waals surface area contributed by atoms with Crippen LogP contribution in [0.1, 0.15) is 12.5 Å². The number of aliphatic hydroxyl groups is 1. The van der Waals surface area contributed by atoms with E-state index in [1.165, 1.54) is 19.1 Å². The summed E-state index contributed by atoms with van der Waals surface area (Å²) in [6.45, 7) is 1.21. The summed E-state index contributed by atoms with van der Waals surface area (Å²) in [6, 6.07) is 4.15. The molecule has 1 unspecified atom stereocenters. The van der Waals surface area contributed by atoms with Gasteiger partial charge in [0.05, 0.1) is 5.56 Å². The number of halogens is 3. The Morgan fingerprint density at radius 1 is 1.37 bits per heavy atom. The van der Waals surface area contributed by atoms with E-state index in [9.17, 15) is 23.1 Å². The lowest BCUT2D eigenvalue weighted by atomic mass is 10.2. The first kappa shape index (κ1) is 15.3. The number of carbonyl (C=O) groups excluding carboxylic acids is 1. The Labute approximate surface area is 108 Å². The Morgan fingerprint density at radius 3 is 2.42 bits per heavy atom. The molecule has 0 aliphatic rings. The van der Waals surface area contributed by atoms with Gasteiger partial charge in [-0.2, -0.15) is 13.2 Å². The molecule has 4 nitrogen and oxygen atoms in total. The van der Waals surface area contributed by atoms with Crippen molar-refractivity contribution >= 4 is 5.91 Å². The number of carbonyl (C=O) groups is 1. The van der Waals surface area contributed by atoms with Crippen molar-refractivity contribution in [1.82, 2.24) is 5.32 Å². The lowest BCUT2D eigenvalue weighted by Gasteiger charge is -2.13. The Kier molecular flexibility index (Phi) is 5.17. The molecule has 0 radical (unpaired) electrons. The molecule has 1 aromatic carbocycles. The third kappa shape index (κ3) is 5.60. The molecule has 1 aromatic rings. The van der Waals surface area contributed by atoms with E-state index in [1.54, 1.807) is 0 Å². The highest BCUT2D eigenvalue weighted by Crippen LogP contribution is 2.30. The molecular formula is C12H14F3NO3. The SMILES string of the molecule is CC(=O)NCC(O)COc1ccc(C(F)(F)F)cc1. The maximum Gasteiger partial charge on any atom is 0.416 e. The summed E-state index contributed by atoms with van der Waals surface area (Å²) in [5, 5.41) is 11.8. The highest BCUT2D eigenvalue weighted by Gasteiger charge is 2.30. The van der Waals surface area contributed by atoms with Gasteiger partial charge in [0.2, 0.25) is 5.91 Å². The Hall–Kier alpha value is -1.76. The van der Waals surface area contributed by atoms with E-state index < -0.39 is 17.8 Å². The van der Waals surface area contributed by atoms with Crippen molar-refractivity contribution in [3.63, 3.8) is 0 Å². The van der Waals surface area contributed by atoms with Gasteiger partial charge in [0, 0.05) is 13.5 Å². The number of hydrogen-bond acceptors (Lipinski definition) is 3. The first-order chi connectivity index (χ1) is 8.79. The molecule has 0 spiro atoms. The van der Waals surface area contributed by atoms with Crippen molar-refractivity contribution in [2.45, 2.75) is 19.2 Å². The first-order valence-electron chi connectivity index (χ1n) is 5.51. The number of benzene rings is 1. The standard InChI is InChI=1S/C12H14F3NO3/c1-8(17)16-6-10(18)7-19-11-4-2-9(3-5-11)12(13,14)15/h2-5,10,18H,6-7H2,1H3,(H,16,17). The molecule has 7 heteroatoms. The van der Waals surface area contributed by atoms with Crippen LogP contribution in [-0.4, -0.2) is 30.3 Å². The lowest BCUT2D eigenvalue weighted by Crippen LogP contribution is -2.33. The van der Waals surface area contributed by atoms with E-state index in [1.807, 2.05) is 0 Å². The first-order valence-corrected chi connectivity index (χ1v) is 5.51. The Balaban J connectivity index is 2.44. The highest BCUT2D eigenvalue weighted by molar-refractivity contribution is 5.72. The number of ether oxygens (including phenoxy) is 1. The van der Waals surface area contributed by atoms with Crippen molar-refractivity contribution < 1.29 is 27.8 Å². The number of aliphatic hydroxyl groups excluding tert-OH is 1. The van der Waals surface area contributed by atoms with Crippen LogP contribution in [0.2, 0.25) is 0 Å². The topological polar surface area (TPSA) is 58.6 Å². The second-order valence-electron chi connectivity index (χ2n) is 3.92. The molecule has 106 valence electrons. The molecule has 1 amide bonds. The third-order valence-corrected chi connectivity index (χ3v) is 2.21. The molecule has 0 aromatic heterocycles. The van der Waals surface area contributed by atoms with E-state index in [-0.39, 0.29) is 24.8 Å². The fourth-order valence-electron chi connectivity index (χ4n) is 1.25. The predicted molar refractivity (Wildman–Crippen MR) is 61.6 cm³/mol. The van der Waals surface area contributed by atoms with Gasteiger partial charge in [-0.25, -0.2) is 0 Å². The van der Waals surface area contributed by atoms with Gasteiger partial charge in [0.1, 0.15) is 18.5 Å². The molecular weight excluding hydrogens is 263 g/mol. The van der Waals surface area contributed by atoms with Crippen LogP contribution in [0.5, 0.6) is 5.75 Å². The summed E-state index contributed by atoms with van der Waals surface area (Å²) in [5.74, 6) is -0.0662. The van der Waals surface area contributed by atoms with Crippen molar-refractivity contribution in [3.05, 3.63) is 29.8 Å². The molecule has 0 saturated heterocycles. The second-order valence-corrected chi connectivity index (χ2v) is 3.92. The molecule has 2 N–H and O–H groups in total. The van der Waals surface area contributed by atoms with Crippen molar-refractivity contribution in [2.75, 3.05) is 13.2 Å². The number of amides is 1. The number of nitrogens with one attached hydrogen (secondary N) is 1. The average Bonchev–Trinajstić information content (AvgIpc) is 2.33. The quantitative estimate of drug-likeness (QED) is 0.859. The van der Waals surface area contributed by atoms with Crippen molar-refractivity contribution in [2.24, 2.45) is 0 Å². The van der Waals surface area contributed by atoms with Crippen LogP contribution >= 0.6 is 0 Å². The molecule has 0 aliphatic carbocycles. The molecule has 0 saturated carbocycles. The average molecular weight is 277 g/mol. The molecule has 0 aliphatic heterocycles. The van der Waals surface area contributed by atoms with Crippen LogP contribution in [0.25, 0.3) is 0 Å². The van der Waals surface area contributed by atoms with Gasteiger partial charge in [-0.3, -0.25) is 4.79 Å². The predicted octanol–water partition coefficient (Wildman–Crippen LogP) is 1.58. The zero-order chi connectivity index (χ0) is 14.5. The summed E-state index contributed by atoms with van der Waals surface area (Å²) >= 11 is 0. The minimum Gasteiger partial charge on any atom is -0.491 e. The van der Waals surface area contributed by atoms with E-state index in [2.05, 4.69) is 5.32 Å². The van der Waals surface area contributed by atoms with E-state index in [4.69, 9.17) is 4.74 Å². The van der Waals surface area contributed by atoms with Crippen LogP contribution in [-0.2, 0) is 11.0 Å². The Bertz CT molecular complexity index is 417. The highest BCUT2D eigenvalue weighted by atomic mass is 19.4. The summed E-state index contributed by atoms with van der Waals surface area (Å²) in [7, 11) is 0. The van der Waals surface area contributed by atoms with Gasteiger partial charge < -0.3 is 15.2 Å². The molecule has 1 rings (SSSR count). The number of alkyl halides is 3. The normalized spacial score (nSPS) is 12.9. The second kappa shape index (κ2) is 6.42. The van der Waals surface area contributed by atoms with Gasteiger partial charge >= 0.3 is 6.18 Å². The zero-order valence-corrected chi connectivity index (χ0v) is 10.2. The van der Waals surface area contributed by atoms with Crippen LogP contribution in [0.4, 0.5) is 13.2 Å². The van der Waals surface area contributed by atoms with Crippen LogP contribution < -0.4 is 10.1 Å². The summed E-state index contributed by atoms with van der Waals surface area (Å²) in [6.07, 6.45) is -5.31. The van der Waals surface area contributed by atoms with Gasteiger partial charge in [-0.15, -0.1) is 0 Å². The lowest BCUT2D eigenvalue weighted by molar-refractivity contribution is -0.137. The fourth-order valence-corrected chi connectivity index (χ4v) is 1.25. The van der Waals surface area contributed by atoms with Crippen molar-refractivity contribution in [1.29, 1.82) is 0 Å². The van der Waals surface area contributed by atoms with E-state index >= 15 is 0 Å².